The van der Waals surface area contributed by atoms with Crippen molar-refractivity contribution in [1.82, 2.24) is 10.3 Å². The van der Waals surface area contributed by atoms with Crippen LogP contribution in [0.4, 0.5) is 0 Å². The van der Waals surface area contributed by atoms with Crippen LogP contribution in [0.25, 0.3) is 5.57 Å². The Morgan fingerprint density at radius 1 is 1.57 bits per heavy atom. The number of amides is 2. The average molecular weight is 208 g/mol. The van der Waals surface area contributed by atoms with E-state index in [4.69, 9.17) is 0 Å². The van der Waals surface area contributed by atoms with E-state index in [1.807, 2.05) is 12.3 Å². The van der Waals surface area contributed by atoms with Crippen molar-refractivity contribution < 1.29 is 9.59 Å². The fourth-order valence-electron chi connectivity index (χ4n) is 1.33. The van der Waals surface area contributed by atoms with E-state index < -0.39 is 0 Å². The van der Waals surface area contributed by atoms with Crippen molar-refractivity contribution in [2.45, 2.75) is 13.3 Å². The number of carbonyl (C=O) groups is 2. The summed E-state index contributed by atoms with van der Waals surface area (Å²) in [6.45, 7) is 1.81. The Bertz CT molecular complexity index is 420. The Hall–Kier alpha value is -1.49. The van der Waals surface area contributed by atoms with Crippen molar-refractivity contribution in [2.24, 2.45) is 0 Å². The average Bonchev–Trinajstić information content (AvgIpc) is 2.73. The van der Waals surface area contributed by atoms with Crippen LogP contribution in [-0.2, 0) is 9.59 Å². The Morgan fingerprint density at radius 2 is 2.36 bits per heavy atom. The van der Waals surface area contributed by atoms with Gasteiger partial charge in [-0.1, -0.05) is 0 Å². The lowest BCUT2D eigenvalue weighted by Crippen LogP contribution is -2.19. The zero-order chi connectivity index (χ0) is 10.1. The van der Waals surface area contributed by atoms with E-state index in [0.717, 1.165) is 10.6 Å². The number of imide groups is 1. The molecular weight excluding hydrogens is 200 g/mol. The molecule has 4 nitrogen and oxygen atoms in total. The van der Waals surface area contributed by atoms with Crippen molar-refractivity contribution in [3.63, 3.8) is 0 Å². The molecule has 14 heavy (non-hydrogen) atoms. The summed E-state index contributed by atoms with van der Waals surface area (Å²) < 4.78 is 0. The topological polar surface area (TPSA) is 59.1 Å². The number of hydrogen-bond donors (Lipinski definition) is 1. The Balaban J connectivity index is 2.41. The monoisotopic (exact) mass is 208 g/mol. The second-order valence-electron chi connectivity index (χ2n) is 2.99. The summed E-state index contributed by atoms with van der Waals surface area (Å²) in [5, 5.41) is 4.89. The van der Waals surface area contributed by atoms with Crippen LogP contribution in [0.1, 0.15) is 18.4 Å². The van der Waals surface area contributed by atoms with Crippen LogP contribution in [0, 0.1) is 0 Å². The van der Waals surface area contributed by atoms with Crippen molar-refractivity contribution in [3.05, 3.63) is 22.2 Å². The van der Waals surface area contributed by atoms with Crippen LogP contribution in [0.15, 0.2) is 17.2 Å². The molecule has 1 aliphatic heterocycles. The van der Waals surface area contributed by atoms with Gasteiger partial charge in [-0.15, -0.1) is 11.3 Å². The third-order valence-electron chi connectivity index (χ3n) is 2.07. The molecule has 1 aromatic heterocycles. The van der Waals surface area contributed by atoms with Gasteiger partial charge in [0.15, 0.2) is 0 Å². The summed E-state index contributed by atoms with van der Waals surface area (Å²) in [5.74, 6) is -0.524. The van der Waals surface area contributed by atoms with Crippen LogP contribution in [-0.4, -0.2) is 16.8 Å². The maximum absolute atomic E-state index is 11.3. The quantitative estimate of drug-likeness (QED) is 0.552. The zero-order valence-corrected chi connectivity index (χ0v) is 8.35. The molecule has 0 aliphatic carbocycles. The lowest BCUT2D eigenvalue weighted by molar-refractivity contribution is -0.124. The highest BCUT2D eigenvalue weighted by atomic mass is 32.1. The number of carbonyl (C=O) groups excluding carboxylic acids is 2. The van der Waals surface area contributed by atoms with E-state index in [1.165, 1.54) is 11.3 Å². The van der Waals surface area contributed by atoms with Gasteiger partial charge in [0.25, 0.3) is 5.91 Å². The minimum absolute atomic E-state index is 0.171. The second-order valence-corrected chi connectivity index (χ2v) is 3.89. The standard InChI is InChI=1S/C9H8N2O2S/c1-5(9-10-2-3-14-9)6-4-7(12)11-8(6)13/h2-3H,4H2,1H3,(H,11,12,13)/b6-5+. The molecular formula is C9H8N2O2S. The first-order valence-electron chi connectivity index (χ1n) is 4.12. The summed E-state index contributed by atoms with van der Waals surface area (Å²) >= 11 is 1.46. The second kappa shape index (κ2) is 3.34. The minimum atomic E-state index is -0.289. The molecule has 1 aliphatic rings. The largest absolute Gasteiger partial charge is 0.292 e. The molecule has 0 radical (unpaired) electrons. The molecule has 1 aromatic rings. The molecule has 2 amide bonds. The van der Waals surface area contributed by atoms with E-state index in [9.17, 15) is 9.59 Å². The minimum Gasteiger partial charge on any atom is -0.292 e. The predicted molar refractivity (Wildman–Crippen MR) is 52.5 cm³/mol. The summed E-state index contributed by atoms with van der Waals surface area (Å²) in [4.78, 5) is 26.4. The SMILES string of the molecule is C/C(=C1/CC(=O)NC1=O)c1nccs1. The fourth-order valence-corrected chi connectivity index (χ4v) is 2.00. The van der Waals surface area contributed by atoms with Crippen LogP contribution in [0.2, 0.25) is 0 Å². The first-order chi connectivity index (χ1) is 6.68. The van der Waals surface area contributed by atoms with Gasteiger partial charge < -0.3 is 0 Å². The summed E-state index contributed by atoms with van der Waals surface area (Å²) in [5.41, 5.74) is 1.33. The normalized spacial score (nSPS) is 19.8. The summed E-state index contributed by atoms with van der Waals surface area (Å²) in [6, 6.07) is 0. The third-order valence-corrected chi connectivity index (χ3v) is 2.96. The van der Waals surface area contributed by atoms with E-state index in [-0.39, 0.29) is 18.2 Å². The number of hydrogen-bond acceptors (Lipinski definition) is 4. The molecule has 0 aromatic carbocycles. The molecule has 5 heteroatoms. The number of rotatable bonds is 1. The molecule has 1 fully saturated rings. The third kappa shape index (κ3) is 1.46. The van der Waals surface area contributed by atoms with Crippen molar-refractivity contribution >= 4 is 28.7 Å². The first-order valence-corrected chi connectivity index (χ1v) is 5.00. The van der Waals surface area contributed by atoms with Gasteiger partial charge in [0.2, 0.25) is 5.91 Å². The highest BCUT2D eigenvalue weighted by Crippen LogP contribution is 2.24. The number of thiazole rings is 1. The maximum Gasteiger partial charge on any atom is 0.254 e. The molecule has 2 rings (SSSR count). The van der Waals surface area contributed by atoms with Gasteiger partial charge in [-0.05, 0) is 12.5 Å². The molecule has 72 valence electrons. The molecule has 0 spiro atoms. The van der Waals surface area contributed by atoms with Crippen molar-refractivity contribution in [2.75, 3.05) is 0 Å². The Labute approximate surface area is 84.7 Å². The van der Waals surface area contributed by atoms with Gasteiger partial charge >= 0.3 is 0 Å². The van der Waals surface area contributed by atoms with Gasteiger partial charge in [-0.3, -0.25) is 14.9 Å². The summed E-state index contributed by atoms with van der Waals surface area (Å²) in [6.07, 6.45) is 1.85. The fraction of sp³-hybridized carbons (Fsp3) is 0.222. The highest BCUT2D eigenvalue weighted by molar-refractivity contribution is 7.10. The van der Waals surface area contributed by atoms with E-state index in [2.05, 4.69) is 10.3 Å². The predicted octanol–water partition coefficient (Wildman–Crippen LogP) is 0.963. The Morgan fingerprint density at radius 3 is 2.86 bits per heavy atom. The van der Waals surface area contributed by atoms with Crippen LogP contribution < -0.4 is 5.32 Å². The lowest BCUT2D eigenvalue weighted by atomic mass is 10.1. The summed E-state index contributed by atoms with van der Waals surface area (Å²) in [7, 11) is 0. The molecule has 0 saturated carbocycles. The smallest absolute Gasteiger partial charge is 0.254 e. The number of nitrogens with zero attached hydrogens (tertiary/aromatic N) is 1. The van der Waals surface area contributed by atoms with Gasteiger partial charge in [0.1, 0.15) is 5.01 Å². The van der Waals surface area contributed by atoms with Gasteiger partial charge in [0, 0.05) is 17.2 Å². The van der Waals surface area contributed by atoms with E-state index >= 15 is 0 Å². The van der Waals surface area contributed by atoms with Crippen LogP contribution in [0.5, 0.6) is 0 Å². The van der Waals surface area contributed by atoms with Gasteiger partial charge in [-0.25, -0.2) is 4.98 Å². The number of aromatic nitrogens is 1. The molecule has 0 bridgehead atoms. The van der Waals surface area contributed by atoms with Gasteiger partial charge in [0.05, 0.1) is 6.42 Å². The molecule has 0 unspecified atom stereocenters. The van der Waals surface area contributed by atoms with Gasteiger partial charge in [-0.2, -0.15) is 0 Å². The molecule has 0 atom stereocenters. The molecule has 1 N–H and O–H groups in total. The first kappa shape index (κ1) is 9.08. The molecule has 1 saturated heterocycles. The van der Waals surface area contributed by atoms with Crippen LogP contribution in [0.3, 0.4) is 0 Å². The lowest BCUT2D eigenvalue weighted by Gasteiger charge is -1.98. The Kier molecular flexibility index (Phi) is 2.17. The van der Waals surface area contributed by atoms with E-state index in [1.54, 1.807) is 6.20 Å². The maximum atomic E-state index is 11.3. The highest BCUT2D eigenvalue weighted by Gasteiger charge is 2.26. The zero-order valence-electron chi connectivity index (χ0n) is 7.53. The van der Waals surface area contributed by atoms with Crippen molar-refractivity contribution in [1.29, 1.82) is 0 Å². The van der Waals surface area contributed by atoms with Crippen LogP contribution >= 0.6 is 11.3 Å². The van der Waals surface area contributed by atoms with E-state index in [0.29, 0.717) is 5.57 Å². The number of nitrogens with one attached hydrogen (secondary N) is 1. The molecule has 2 heterocycles. The van der Waals surface area contributed by atoms with Crippen molar-refractivity contribution in [3.8, 4) is 0 Å². The number of allylic oxidation sites excluding steroid dienone is 1.